The number of amidine groups is 1. The first-order valence-electron chi connectivity index (χ1n) is 6.96. The van der Waals surface area contributed by atoms with Gasteiger partial charge in [-0.25, -0.2) is 4.98 Å². The highest BCUT2D eigenvalue weighted by molar-refractivity contribution is 5.97. The Labute approximate surface area is 118 Å². The molecule has 1 atom stereocenters. The minimum Gasteiger partial charge on any atom is -0.409 e. The van der Waals surface area contributed by atoms with E-state index in [0.717, 1.165) is 43.9 Å². The quantitative estimate of drug-likeness (QED) is 0.331. The third kappa shape index (κ3) is 3.39. The number of nitrogens with zero attached hydrogens (tertiary/aromatic N) is 3. The van der Waals surface area contributed by atoms with Crippen LogP contribution >= 0.6 is 0 Å². The number of hydrogen-bond donors (Lipinski definition) is 3. The third-order valence-electron chi connectivity index (χ3n) is 3.72. The fourth-order valence-electron chi connectivity index (χ4n) is 2.71. The van der Waals surface area contributed by atoms with Crippen molar-refractivity contribution >= 4 is 11.7 Å². The van der Waals surface area contributed by atoms with Crippen LogP contribution in [0.1, 0.15) is 30.5 Å². The van der Waals surface area contributed by atoms with Crippen molar-refractivity contribution < 1.29 is 10.3 Å². The van der Waals surface area contributed by atoms with Gasteiger partial charge in [-0.15, -0.1) is 0 Å². The molecule has 0 amide bonds. The van der Waals surface area contributed by atoms with Gasteiger partial charge in [0.15, 0.2) is 5.84 Å². The number of aromatic nitrogens is 1. The van der Waals surface area contributed by atoms with E-state index < -0.39 is 0 Å². The standard InChI is InChI=1S/C14H22N4O2/c1-10-7-12(14(15)17-20)8-13(16-10)18-5-2-3-11(9-18)4-6-19/h7-8,11,19-20H,2-6,9H2,1H3,(H2,15,17). The van der Waals surface area contributed by atoms with Gasteiger partial charge in [0.1, 0.15) is 5.82 Å². The van der Waals surface area contributed by atoms with E-state index in [9.17, 15) is 0 Å². The molecule has 1 aliphatic rings. The van der Waals surface area contributed by atoms with Gasteiger partial charge in [-0.2, -0.15) is 0 Å². The first-order valence-corrected chi connectivity index (χ1v) is 6.96. The van der Waals surface area contributed by atoms with Crippen molar-refractivity contribution in [2.45, 2.75) is 26.2 Å². The Bertz CT molecular complexity index is 488. The summed E-state index contributed by atoms with van der Waals surface area (Å²) in [5.74, 6) is 1.46. The number of hydrogen-bond acceptors (Lipinski definition) is 5. The molecule has 6 nitrogen and oxygen atoms in total. The van der Waals surface area contributed by atoms with Gasteiger partial charge in [0, 0.05) is 31.0 Å². The van der Waals surface area contributed by atoms with Crippen molar-refractivity contribution in [1.29, 1.82) is 0 Å². The van der Waals surface area contributed by atoms with Crippen LogP contribution in [0, 0.1) is 12.8 Å². The van der Waals surface area contributed by atoms with E-state index in [1.165, 1.54) is 0 Å². The van der Waals surface area contributed by atoms with Crippen molar-refractivity contribution in [3.05, 3.63) is 23.4 Å². The minimum absolute atomic E-state index is 0.0978. The molecule has 1 unspecified atom stereocenters. The molecule has 2 heterocycles. The summed E-state index contributed by atoms with van der Waals surface area (Å²) in [6, 6.07) is 3.65. The lowest BCUT2D eigenvalue weighted by Crippen LogP contribution is -2.36. The predicted molar refractivity (Wildman–Crippen MR) is 78.1 cm³/mol. The summed E-state index contributed by atoms with van der Waals surface area (Å²) in [7, 11) is 0. The number of aliphatic hydroxyl groups excluding tert-OH is 1. The van der Waals surface area contributed by atoms with E-state index in [2.05, 4.69) is 15.0 Å². The summed E-state index contributed by atoms with van der Waals surface area (Å²) in [5, 5.41) is 20.9. The first-order chi connectivity index (χ1) is 9.63. The van der Waals surface area contributed by atoms with E-state index in [1.54, 1.807) is 6.07 Å². The lowest BCUT2D eigenvalue weighted by molar-refractivity contribution is 0.244. The molecule has 1 aromatic rings. The van der Waals surface area contributed by atoms with Crippen LogP contribution < -0.4 is 10.6 Å². The Hall–Kier alpha value is -1.82. The van der Waals surface area contributed by atoms with Gasteiger partial charge in [-0.3, -0.25) is 0 Å². The van der Waals surface area contributed by atoms with E-state index in [4.69, 9.17) is 16.0 Å². The van der Waals surface area contributed by atoms with Crippen LogP contribution in [0.15, 0.2) is 17.3 Å². The molecule has 20 heavy (non-hydrogen) atoms. The average molecular weight is 278 g/mol. The number of rotatable bonds is 4. The molecular weight excluding hydrogens is 256 g/mol. The fraction of sp³-hybridized carbons (Fsp3) is 0.571. The Morgan fingerprint density at radius 2 is 2.35 bits per heavy atom. The summed E-state index contributed by atoms with van der Waals surface area (Å²) in [6.45, 7) is 3.97. The van der Waals surface area contributed by atoms with Crippen molar-refractivity contribution in [1.82, 2.24) is 4.98 Å². The van der Waals surface area contributed by atoms with Crippen molar-refractivity contribution in [3.8, 4) is 0 Å². The van der Waals surface area contributed by atoms with Gasteiger partial charge >= 0.3 is 0 Å². The molecule has 1 saturated heterocycles. The number of pyridine rings is 1. The van der Waals surface area contributed by atoms with Gasteiger partial charge in [-0.1, -0.05) is 5.16 Å². The topological polar surface area (TPSA) is 95.0 Å². The lowest BCUT2D eigenvalue weighted by Gasteiger charge is -2.33. The molecule has 0 aliphatic carbocycles. The molecule has 0 radical (unpaired) electrons. The molecule has 1 fully saturated rings. The van der Waals surface area contributed by atoms with Crippen molar-refractivity contribution in [2.75, 3.05) is 24.6 Å². The van der Waals surface area contributed by atoms with Gasteiger partial charge in [0.25, 0.3) is 0 Å². The smallest absolute Gasteiger partial charge is 0.170 e. The van der Waals surface area contributed by atoms with E-state index in [1.807, 2.05) is 13.0 Å². The molecule has 0 spiro atoms. The van der Waals surface area contributed by atoms with E-state index in [-0.39, 0.29) is 12.4 Å². The Morgan fingerprint density at radius 1 is 1.55 bits per heavy atom. The number of oxime groups is 1. The van der Waals surface area contributed by atoms with E-state index >= 15 is 0 Å². The summed E-state index contributed by atoms with van der Waals surface area (Å²) in [4.78, 5) is 6.75. The molecule has 110 valence electrons. The second kappa shape index (κ2) is 6.56. The highest BCUT2D eigenvalue weighted by atomic mass is 16.4. The molecular formula is C14H22N4O2. The maximum absolute atomic E-state index is 9.07. The monoisotopic (exact) mass is 278 g/mol. The van der Waals surface area contributed by atoms with Crippen LogP contribution in [0.25, 0.3) is 0 Å². The van der Waals surface area contributed by atoms with Crippen LogP contribution in [-0.2, 0) is 0 Å². The zero-order valence-electron chi connectivity index (χ0n) is 11.8. The van der Waals surface area contributed by atoms with Gasteiger partial charge < -0.3 is 20.9 Å². The molecule has 0 bridgehead atoms. The van der Waals surface area contributed by atoms with Crippen LogP contribution in [0.4, 0.5) is 5.82 Å². The second-order valence-corrected chi connectivity index (χ2v) is 5.31. The number of piperidine rings is 1. The minimum atomic E-state index is 0.0978. The molecule has 1 aliphatic heterocycles. The highest BCUT2D eigenvalue weighted by Gasteiger charge is 2.21. The number of aryl methyl sites for hydroxylation is 1. The van der Waals surface area contributed by atoms with Gasteiger partial charge in [0.05, 0.1) is 0 Å². The lowest BCUT2D eigenvalue weighted by atomic mass is 9.95. The largest absolute Gasteiger partial charge is 0.409 e. The number of nitrogens with two attached hydrogens (primary N) is 1. The third-order valence-corrected chi connectivity index (χ3v) is 3.72. The normalized spacial score (nSPS) is 20.2. The maximum Gasteiger partial charge on any atom is 0.170 e. The zero-order valence-corrected chi connectivity index (χ0v) is 11.8. The van der Waals surface area contributed by atoms with Crippen LogP contribution in [0.3, 0.4) is 0 Å². The molecule has 2 rings (SSSR count). The number of aliphatic hydroxyl groups is 1. The first kappa shape index (κ1) is 14.6. The fourth-order valence-corrected chi connectivity index (χ4v) is 2.71. The Morgan fingerprint density at radius 3 is 3.05 bits per heavy atom. The van der Waals surface area contributed by atoms with Crippen LogP contribution in [-0.4, -0.2) is 40.8 Å². The SMILES string of the molecule is Cc1cc(/C(N)=N/O)cc(N2CCCC(CCO)C2)n1. The average Bonchev–Trinajstić information content (AvgIpc) is 2.46. The molecule has 0 aromatic carbocycles. The Kier molecular flexibility index (Phi) is 4.79. The molecule has 1 aromatic heterocycles. The van der Waals surface area contributed by atoms with Gasteiger partial charge in [0.2, 0.25) is 0 Å². The predicted octanol–water partition coefficient (Wildman–Crippen LogP) is 1.08. The summed E-state index contributed by atoms with van der Waals surface area (Å²) in [5.41, 5.74) is 7.18. The highest BCUT2D eigenvalue weighted by Crippen LogP contribution is 2.24. The summed E-state index contributed by atoms with van der Waals surface area (Å²) < 4.78 is 0. The molecule has 6 heteroatoms. The molecule has 0 saturated carbocycles. The zero-order chi connectivity index (χ0) is 14.5. The number of anilines is 1. The summed E-state index contributed by atoms with van der Waals surface area (Å²) in [6.07, 6.45) is 3.07. The molecule has 4 N–H and O–H groups in total. The van der Waals surface area contributed by atoms with E-state index in [0.29, 0.717) is 11.5 Å². The Balaban J connectivity index is 2.21. The van der Waals surface area contributed by atoms with Crippen molar-refractivity contribution in [2.24, 2.45) is 16.8 Å². The van der Waals surface area contributed by atoms with Gasteiger partial charge in [-0.05, 0) is 44.2 Å². The second-order valence-electron chi connectivity index (χ2n) is 5.31. The summed E-state index contributed by atoms with van der Waals surface area (Å²) >= 11 is 0. The van der Waals surface area contributed by atoms with Crippen molar-refractivity contribution in [3.63, 3.8) is 0 Å². The van der Waals surface area contributed by atoms with Crippen LogP contribution in [0.5, 0.6) is 0 Å². The maximum atomic E-state index is 9.07. The van der Waals surface area contributed by atoms with Crippen LogP contribution in [0.2, 0.25) is 0 Å².